The highest BCUT2D eigenvalue weighted by molar-refractivity contribution is 7.89. The highest BCUT2D eigenvalue weighted by Gasteiger charge is 2.33. The maximum Gasteiger partial charge on any atom is 0.314 e. The molecule has 0 atom stereocenters. The smallest absolute Gasteiger partial charge is 0.314 e. The summed E-state index contributed by atoms with van der Waals surface area (Å²) in [5.41, 5.74) is 2.27. The van der Waals surface area contributed by atoms with Crippen LogP contribution < -0.4 is 4.74 Å². The summed E-state index contributed by atoms with van der Waals surface area (Å²) in [4.78, 5) is 23.0. The van der Waals surface area contributed by atoms with Gasteiger partial charge in [0.2, 0.25) is 10.0 Å². The Hall–Kier alpha value is -2.78. The zero-order valence-electron chi connectivity index (χ0n) is 17.0. The van der Waals surface area contributed by atoms with Crippen molar-refractivity contribution in [2.75, 3.05) is 13.1 Å². The summed E-state index contributed by atoms with van der Waals surface area (Å²) in [6.07, 6.45) is 4.88. The molecule has 8 nitrogen and oxygen atoms in total. The summed E-state index contributed by atoms with van der Waals surface area (Å²) in [7, 11) is -3.60. The van der Waals surface area contributed by atoms with Gasteiger partial charge in [-0.15, -0.1) is 0 Å². The Morgan fingerprint density at radius 3 is 2.29 bits per heavy atom. The first-order valence-electron chi connectivity index (χ1n) is 10.4. The average Bonchev–Trinajstić information content (AvgIpc) is 2.79. The number of esters is 1. The van der Waals surface area contributed by atoms with E-state index in [1.165, 1.54) is 34.1 Å². The number of rotatable bonds is 5. The lowest BCUT2D eigenvalue weighted by Crippen LogP contribution is -2.41. The molecule has 0 bridgehead atoms. The molecule has 0 N–H and O–H groups in total. The molecule has 0 radical (unpaired) electrons. The predicted octanol–water partition coefficient (Wildman–Crippen LogP) is 3.48. The largest absolute Gasteiger partial charge is 0.426 e. The van der Waals surface area contributed by atoms with Gasteiger partial charge in [0.1, 0.15) is 5.75 Å². The summed E-state index contributed by atoms with van der Waals surface area (Å²) in [5.74, 6) is -0.621. The molecule has 0 spiro atoms. The number of nitro benzene ring substituents is 1. The number of nitro groups is 1. The summed E-state index contributed by atoms with van der Waals surface area (Å²) in [5, 5.41) is 10.7. The second kappa shape index (κ2) is 8.76. The lowest BCUT2D eigenvalue weighted by Gasteiger charge is -2.30. The Labute approximate surface area is 181 Å². The number of carbonyl (C=O) groups excluding carboxylic acids is 1. The molecule has 164 valence electrons. The third-order valence-electron chi connectivity index (χ3n) is 6.01. The number of hydrogen-bond donors (Lipinski definition) is 0. The quantitative estimate of drug-likeness (QED) is 0.302. The number of nitrogens with zero attached hydrogens (tertiary/aromatic N) is 2. The third-order valence-corrected chi connectivity index (χ3v) is 7.91. The van der Waals surface area contributed by atoms with E-state index in [-0.39, 0.29) is 24.5 Å². The van der Waals surface area contributed by atoms with Gasteiger partial charge in [-0.3, -0.25) is 14.9 Å². The number of ether oxygens (including phenoxy) is 1. The number of carbonyl (C=O) groups is 1. The second-order valence-electron chi connectivity index (χ2n) is 7.99. The molecular formula is C22H24N2O6S. The van der Waals surface area contributed by atoms with Gasteiger partial charge in [-0.05, 0) is 73.9 Å². The van der Waals surface area contributed by atoms with E-state index in [1.54, 1.807) is 12.1 Å². The molecular weight excluding hydrogens is 420 g/mol. The first kappa shape index (κ1) is 21.5. The summed E-state index contributed by atoms with van der Waals surface area (Å²) >= 11 is 0. The molecule has 0 aromatic heterocycles. The molecule has 1 heterocycles. The molecule has 1 aliphatic heterocycles. The highest BCUT2D eigenvalue weighted by Crippen LogP contribution is 2.29. The molecule has 4 rings (SSSR count). The SMILES string of the molecule is O=C(Oc1ccc([N+](=O)[O-])cc1)C1CCN(S(=O)(=O)c2ccc3c(c2)CCCC3)CC1. The van der Waals surface area contributed by atoms with Crippen LogP contribution in [0.5, 0.6) is 5.75 Å². The van der Waals surface area contributed by atoms with E-state index in [2.05, 4.69) is 0 Å². The fourth-order valence-corrected chi connectivity index (χ4v) is 5.71. The van der Waals surface area contributed by atoms with E-state index in [4.69, 9.17) is 4.74 Å². The molecule has 9 heteroatoms. The first-order chi connectivity index (χ1) is 14.8. The van der Waals surface area contributed by atoms with Crippen LogP contribution in [0.2, 0.25) is 0 Å². The number of fused-ring (bicyclic) bond motifs is 1. The standard InChI is InChI=1S/C22H24N2O6S/c25-22(30-20-8-6-19(7-9-20)24(26)27)17-11-13-23(14-12-17)31(28,29)21-10-5-16-3-1-2-4-18(16)15-21/h5-10,15,17H,1-4,11-14H2. The van der Waals surface area contributed by atoms with Gasteiger partial charge >= 0.3 is 5.97 Å². The number of hydrogen-bond acceptors (Lipinski definition) is 6. The van der Waals surface area contributed by atoms with E-state index < -0.39 is 26.8 Å². The minimum absolute atomic E-state index is 0.0829. The summed E-state index contributed by atoms with van der Waals surface area (Å²) in [6.45, 7) is 0.499. The number of piperidine rings is 1. The van der Waals surface area contributed by atoms with Gasteiger partial charge in [0.25, 0.3) is 5.69 Å². The predicted molar refractivity (Wildman–Crippen MR) is 113 cm³/mol. The van der Waals surface area contributed by atoms with Gasteiger partial charge in [-0.2, -0.15) is 4.31 Å². The van der Waals surface area contributed by atoms with E-state index in [0.29, 0.717) is 17.7 Å². The topological polar surface area (TPSA) is 107 Å². The normalized spacial score (nSPS) is 17.7. The van der Waals surface area contributed by atoms with E-state index >= 15 is 0 Å². The van der Waals surface area contributed by atoms with Gasteiger partial charge in [0, 0.05) is 25.2 Å². The van der Waals surface area contributed by atoms with Crippen molar-refractivity contribution in [2.45, 2.75) is 43.4 Å². The molecule has 1 aliphatic carbocycles. The Morgan fingerprint density at radius 2 is 1.65 bits per heavy atom. The summed E-state index contributed by atoms with van der Waals surface area (Å²) in [6, 6.07) is 10.7. The molecule has 0 saturated carbocycles. The Bertz CT molecular complexity index is 1090. The number of benzene rings is 2. The van der Waals surface area contributed by atoms with Crippen molar-refractivity contribution in [1.29, 1.82) is 0 Å². The van der Waals surface area contributed by atoms with Crippen LogP contribution in [0.15, 0.2) is 47.4 Å². The van der Waals surface area contributed by atoms with Crippen LogP contribution in [0.3, 0.4) is 0 Å². The Balaban J connectivity index is 1.37. The Kier molecular flexibility index (Phi) is 6.06. The maximum absolute atomic E-state index is 13.1. The van der Waals surface area contributed by atoms with Crippen LogP contribution in [0.25, 0.3) is 0 Å². The van der Waals surface area contributed by atoms with Crippen LogP contribution in [0.4, 0.5) is 5.69 Å². The van der Waals surface area contributed by atoms with Gasteiger partial charge in [-0.1, -0.05) is 6.07 Å². The fraction of sp³-hybridized carbons (Fsp3) is 0.409. The number of non-ortho nitro benzene ring substituents is 1. The monoisotopic (exact) mass is 444 g/mol. The molecule has 2 aliphatic rings. The lowest BCUT2D eigenvalue weighted by molar-refractivity contribution is -0.384. The van der Waals surface area contributed by atoms with Gasteiger partial charge in [0.15, 0.2) is 0 Å². The van der Waals surface area contributed by atoms with Crippen LogP contribution in [0.1, 0.15) is 36.8 Å². The maximum atomic E-state index is 13.1. The number of aryl methyl sites for hydroxylation is 2. The van der Waals surface area contributed by atoms with Crippen LogP contribution in [0, 0.1) is 16.0 Å². The van der Waals surface area contributed by atoms with E-state index in [1.807, 2.05) is 6.07 Å². The minimum Gasteiger partial charge on any atom is -0.426 e. The van der Waals surface area contributed by atoms with Crippen molar-refractivity contribution in [3.63, 3.8) is 0 Å². The zero-order valence-corrected chi connectivity index (χ0v) is 17.8. The van der Waals surface area contributed by atoms with Crippen LogP contribution in [-0.2, 0) is 27.7 Å². The molecule has 31 heavy (non-hydrogen) atoms. The van der Waals surface area contributed by atoms with Crippen molar-refractivity contribution < 1.29 is 22.9 Å². The van der Waals surface area contributed by atoms with Crippen molar-refractivity contribution in [1.82, 2.24) is 4.31 Å². The fourth-order valence-electron chi connectivity index (χ4n) is 4.19. The zero-order chi connectivity index (χ0) is 22.0. The number of sulfonamides is 1. The molecule has 1 fully saturated rings. The van der Waals surface area contributed by atoms with Crippen LogP contribution in [-0.4, -0.2) is 36.7 Å². The molecule has 0 unspecified atom stereocenters. The van der Waals surface area contributed by atoms with Gasteiger partial charge < -0.3 is 4.74 Å². The van der Waals surface area contributed by atoms with E-state index in [9.17, 15) is 23.3 Å². The molecule has 2 aromatic carbocycles. The highest BCUT2D eigenvalue weighted by atomic mass is 32.2. The third kappa shape index (κ3) is 4.62. The molecule has 1 saturated heterocycles. The average molecular weight is 445 g/mol. The van der Waals surface area contributed by atoms with Crippen molar-refractivity contribution in [3.8, 4) is 5.75 Å². The lowest BCUT2D eigenvalue weighted by atomic mass is 9.92. The second-order valence-corrected chi connectivity index (χ2v) is 9.93. The van der Waals surface area contributed by atoms with Crippen LogP contribution >= 0.6 is 0 Å². The molecule has 2 aromatic rings. The molecule has 0 amide bonds. The van der Waals surface area contributed by atoms with Crippen molar-refractivity contribution in [3.05, 3.63) is 63.7 Å². The summed E-state index contributed by atoms with van der Waals surface area (Å²) < 4.78 is 32.9. The Morgan fingerprint density at radius 1 is 1.00 bits per heavy atom. The van der Waals surface area contributed by atoms with Crippen molar-refractivity contribution in [2.24, 2.45) is 5.92 Å². The van der Waals surface area contributed by atoms with Gasteiger partial charge in [-0.25, -0.2) is 8.42 Å². The minimum atomic E-state index is -3.60. The first-order valence-corrected chi connectivity index (χ1v) is 11.9. The van der Waals surface area contributed by atoms with Crippen molar-refractivity contribution >= 4 is 21.7 Å². The van der Waals surface area contributed by atoms with Gasteiger partial charge in [0.05, 0.1) is 15.7 Å². The van der Waals surface area contributed by atoms with E-state index in [0.717, 1.165) is 31.2 Å².